The smallest absolute Gasteiger partial charge is 0.0624 e. The number of nitrogens with two attached hydrogens (primary N) is 1. The Morgan fingerprint density at radius 1 is 1.27 bits per heavy atom. The standard InChI is InChI=1S/C13H27NO/c1-9(2)10(3)13(12(4,5)6)8-15-7-11(13)14/h9-11H,7-8,14H2,1-6H3/t10?,11-,13?/m1/s1. The Bertz CT molecular complexity index is 219. The van der Waals surface area contributed by atoms with Gasteiger partial charge in [-0.2, -0.15) is 0 Å². The monoisotopic (exact) mass is 213 g/mol. The molecule has 0 saturated carbocycles. The number of hydrogen-bond donors (Lipinski definition) is 1. The zero-order chi connectivity index (χ0) is 11.9. The van der Waals surface area contributed by atoms with Gasteiger partial charge >= 0.3 is 0 Å². The number of ether oxygens (including phenoxy) is 1. The van der Waals surface area contributed by atoms with Crippen molar-refractivity contribution in [3.8, 4) is 0 Å². The summed E-state index contributed by atoms with van der Waals surface area (Å²) < 4.78 is 5.65. The van der Waals surface area contributed by atoms with Crippen molar-refractivity contribution >= 4 is 0 Å². The normalized spacial score (nSPS) is 34.8. The molecule has 1 heterocycles. The minimum Gasteiger partial charge on any atom is -0.379 e. The second-order valence-corrected chi connectivity index (χ2v) is 6.44. The van der Waals surface area contributed by atoms with E-state index in [4.69, 9.17) is 10.5 Å². The minimum atomic E-state index is 0.126. The summed E-state index contributed by atoms with van der Waals surface area (Å²) in [5.41, 5.74) is 6.64. The first kappa shape index (κ1) is 13.0. The van der Waals surface area contributed by atoms with Gasteiger partial charge in [-0.3, -0.25) is 0 Å². The topological polar surface area (TPSA) is 35.2 Å². The molecule has 0 spiro atoms. The summed E-state index contributed by atoms with van der Waals surface area (Å²) in [6.45, 7) is 15.3. The molecule has 0 aromatic heterocycles. The summed E-state index contributed by atoms with van der Waals surface area (Å²) in [6.07, 6.45) is 0. The van der Waals surface area contributed by atoms with Crippen LogP contribution < -0.4 is 5.73 Å². The van der Waals surface area contributed by atoms with Gasteiger partial charge in [-0.25, -0.2) is 0 Å². The summed E-state index contributed by atoms with van der Waals surface area (Å²) in [5.74, 6) is 1.24. The maximum Gasteiger partial charge on any atom is 0.0624 e. The van der Waals surface area contributed by atoms with Crippen LogP contribution in [0.3, 0.4) is 0 Å². The van der Waals surface area contributed by atoms with Crippen molar-refractivity contribution in [1.82, 2.24) is 0 Å². The molecule has 1 rings (SSSR count). The molecule has 0 radical (unpaired) electrons. The van der Waals surface area contributed by atoms with Crippen LogP contribution in [-0.2, 0) is 4.74 Å². The van der Waals surface area contributed by atoms with Gasteiger partial charge in [0.2, 0.25) is 0 Å². The van der Waals surface area contributed by atoms with Crippen LogP contribution in [0.25, 0.3) is 0 Å². The van der Waals surface area contributed by atoms with E-state index >= 15 is 0 Å². The van der Waals surface area contributed by atoms with Gasteiger partial charge in [0.05, 0.1) is 13.2 Å². The summed E-state index contributed by atoms with van der Waals surface area (Å²) >= 11 is 0. The SMILES string of the molecule is CC(C)C(C)C1(C(C)(C)C)COC[C@H]1N. The van der Waals surface area contributed by atoms with Crippen LogP contribution in [0.1, 0.15) is 41.5 Å². The lowest BCUT2D eigenvalue weighted by molar-refractivity contribution is -0.0175. The summed E-state index contributed by atoms with van der Waals surface area (Å²) in [6, 6.07) is 0.176. The van der Waals surface area contributed by atoms with E-state index in [2.05, 4.69) is 41.5 Å². The molecule has 0 aromatic rings. The zero-order valence-electron chi connectivity index (χ0n) is 11.1. The molecule has 2 heteroatoms. The third-order valence-electron chi connectivity index (χ3n) is 4.51. The van der Waals surface area contributed by atoms with Crippen LogP contribution in [0, 0.1) is 22.7 Å². The van der Waals surface area contributed by atoms with Gasteiger partial charge in [-0.1, -0.05) is 41.5 Å². The van der Waals surface area contributed by atoms with E-state index < -0.39 is 0 Å². The summed E-state index contributed by atoms with van der Waals surface area (Å²) in [5, 5.41) is 0. The fraction of sp³-hybridized carbons (Fsp3) is 1.00. The zero-order valence-corrected chi connectivity index (χ0v) is 11.1. The van der Waals surface area contributed by atoms with Gasteiger partial charge in [0.1, 0.15) is 0 Å². The Hall–Kier alpha value is -0.0800. The quantitative estimate of drug-likeness (QED) is 0.765. The van der Waals surface area contributed by atoms with Gasteiger partial charge in [0.25, 0.3) is 0 Å². The number of rotatable bonds is 2. The first-order valence-electron chi connectivity index (χ1n) is 6.07. The predicted molar refractivity (Wildman–Crippen MR) is 64.7 cm³/mol. The Morgan fingerprint density at radius 2 is 1.80 bits per heavy atom. The first-order valence-corrected chi connectivity index (χ1v) is 6.07. The van der Waals surface area contributed by atoms with Crippen LogP contribution in [0.5, 0.6) is 0 Å². The molecule has 90 valence electrons. The molecule has 1 saturated heterocycles. The van der Waals surface area contributed by atoms with Crippen molar-refractivity contribution in [2.75, 3.05) is 13.2 Å². The molecule has 3 atom stereocenters. The first-order chi connectivity index (χ1) is 6.73. The van der Waals surface area contributed by atoms with Crippen molar-refractivity contribution in [3.05, 3.63) is 0 Å². The lowest BCUT2D eigenvalue weighted by Crippen LogP contribution is -2.54. The molecule has 0 amide bonds. The molecule has 1 aliphatic heterocycles. The highest BCUT2D eigenvalue weighted by Gasteiger charge is 2.54. The van der Waals surface area contributed by atoms with E-state index in [1.165, 1.54) is 0 Å². The highest BCUT2D eigenvalue weighted by molar-refractivity contribution is 5.04. The average molecular weight is 213 g/mol. The van der Waals surface area contributed by atoms with E-state index in [1.54, 1.807) is 0 Å². The Morgan fingerprint density at radius 3 is 2.07 bits per heavy atom. The molecule has 2 N–H and O–H groups in total. The lowest BCUT2D eigenvalue weighted by Gasteiger charge is -2.49. The molecular weight excluding hydrogens is 186 g/mol. The number of hydrogen-bond acceptors (Lipinski definition) is 2. The molecule has 2 nitrogen and oxygen atoms in total. The van der Waals surface area contributed by atoms with Crippen molar-refractivity contribution in [1.29, 1.82) is 0 Å². The van der Waals surface area contributed by atoms with Crippen molar-refractivity contribution in [3.63, 3.8) is 0 Å². The molecule has 1 fully saturated rings. The van der Waals surface area contributed by atoms with E-state index in [-0.39, 0.29) is 16.9 Å². The van der Waals surface area contributed by atoms with E-state index in [1.807, 2.05) is 0 Å². The second-order valence-electron chi connectivity index (χ2n) is 6.44. The van der Waals surface area contributed by atoms with Gasteiger partial charge in [-0.15, -0.1) is 0 Å². The van der Waals surface area contributed by atoms with Crippen LogP contribution in [-0.4, -0.2) is 19.3 Å². The summed E-state index contributed by atoms with van der Waals surface area (Å²) in [4.78, 5) is 0. The minimum absolute atomic E-state index is 0.126. The van der Waals surface area contributed by atoms with Crippen molar-refractivity contribution in [2.45, 2.75) is 47.6 Å². The maximum atomic E-state index is 6.31. The molecule has 0 aromatic carbocycles. The predicted octanol–water partition coefficient (Wildman–Crippen LogP) is 2.67. The third-order valence-corrected chi connectivity index (χ3v) is 4.51. The largest absolute Gasteiger partial charge is 0.379 e. The van der Waals surface area contributed by atoms with E-state index in [0.29, 0.717) is 18.4 Å². The van der Waals surface area contributed by atoms with Gasteiger partial charge in [0, 0.05) is 11.5 Å². The molecule has 1 aliphatic rings. The van der Waals surface area contributed by atoms with Crippen LogP contribution in [0.4, 0.5) is 0 Å². The molecule has 15 heavy (non-hydrogen) atoms. The molecular formula is C13H27NO. The fourth-order valence-corrected chi connectivity index (χ4v) is 3.13. The van der Waals surface area contributed by atoms with Gasteiger partial charge in [-0.05, 0) is 17.3 Å². The van der Waals surface area contributed by atoms with Crippen LogP contribution in [0.15, 0.2) is 0 Å². The highest BCUT2D eigenvalue weighted by atomic mass is 16.5. The van der Waals surface area contributed by atoms with E-state index in [0.717, 1.165) is 6.61 Å². The third kappa shape index (κ3) is 1.94. The fourth-order valence-electron chi connectivity index (χ4n) is 3.13. The Balaban J connectivity index is 3.07. The Kier molecular flexibility index (Phi) is 3.52. The molecule has 2 unspecified atom stereocenters. The van der Waals surface area contributed by atoms with E-state index in [9.17, 15) is 0 Å². The van der Waals surface area contributed by atoms with Crippen LogP contribution in [0.2, 0.25) is 0 Å². The highest BCUT2D eigenvalue weighted by Crippen LogP contribution is 2.52. The lowest BCUT2D eigenvalue weighted by atomic mass is 9.55. The molecule has 0 aliphatic carbocycles. The average Bonchev–Trinajstić information content (AvgIpc) is 2.45. The maximum absolute atomic E-state index is 6.31. The van der Waals surface area contributed by atoms with Crippen LogP contribution >= 0.6 is 0 Å². The van der Waals surface area contributed by atoms with Gasteiger partial charge < -0.3 is 10.5 Å². The summed E-state index contributed by atoms with van der Waals surface area (Å²) in [7, 11) is 0. The second kappa shape index (κ2) is 4.06. The van der Waals surface area contributed by atoms with Crippen molar-refractivity contribution < 1.29 is 4.74 Å². The van der Waals surface area contributed by atoms with Gasteiger partial charge in [0.15, 0.2) is 0 Å². The Labute approximate surface area is 94.6 Å². The van der Waals surface area contributed by atoms with Crippen molar-refractivity contribution in [2.24, 2.45) is 28.4 Å². The molecule has 0 bridgehead atoms.